The van der Waals surface area contributed by atoms with Crippen LogP contribution in [0.25, 0.3) is 6.08 Å². The van der Waals surface area contributed by atoms with Gasteiger partial charge in [0.15, 0.2) is 0 Å². The highest BCUT2D eigenvalue weighted by Crippen LogP contribution is 2.07. The van der Waals surface area contributed by atoms with Crippen molar-refractivity contribution in [1.82, 2.24) is 10.3 Å². The molecule has 0 spiro atoms. The first-order valence-electron chi connectivity index (χ1n) is 5.23. The molecule has 4 heteroatoms. The largest absolute Gasteiger partial charge is 0.348 e. The predicted octanol–water partition coefficient (Wildman–Crippen LogP) is 2.47. The molecule has 3 nitrogen and oxygen atoms in total. The lowest BCUT2D eigenvalue weighted by Gasteiger charge is -1.98. The summed E-state index contributed by atoms with van der Waals surface area (Å²) in [5.41, 5.74) is 0.964. The van der Waals surface area contributed by atoms with Gasteiger partial charge in [0.25, 0.3) is 0 Å². The van der Waals surface area contributed by atoms with Gasteiger partial charge in [-0.15, -0.1) is 11.3 Å². The number of amides is 1. The van der Waals surface area contributed by atoms with Crippen LogP contribution in [-0.4, -0.2) is 10.9 Å². The number of rotatable bonds is 4. The molecule has 0 radical (unpaired) electrons. The molecule has 2 heterocycles. The number of hydrogen-bond donors (Lipinski definition) is 1. The van der Waals surface area contributed by atoms with Crippen molar-refractivity contribution in [2.24, 2.45) is 0 Å². The summed E-state index contributed by atoms with van der Waals surface area (Å²) in [6.07, 6.45) is 6.70. The average Bonchev–Trinajstić information content (AvgIpc) is 2.88. The Balaban J connectivity index is 1.83. The topological polar surface area (TPSA) is 42.0 Å². The number of carbonyl (C=O) groups excluding carboxylic acids is 1. The van der Waals surface area contributed by atoms with Crippen LogP contribution in [0.1, 0.15) is 10.4 Å². The van der Waals surface area contributed by atoms with Crippen LogP contribution in [0.2, 0.25) is 0 Å². The van der Waals surface area contributed by atoms with Crippen molar-refractivity contribution in [3.05, 3.63) is 58.6 Å². The zero-order valence-corrected chi connectivity index (χ0v) is 9.98. The zero-order chi connectivity index (χ0) is 11.9. The maximum Gasteiger partial charge on any atom is 0.244 e. The summed E-state index contributed by atoms with van der Waals surface area (Å²) >= 11 is 1.63. The number of pyridine rings is 1. The Labute approximate surface area is 104 Å². The van der Waals surface area contributed by atoms with Gasteiger partial charge in [-0.3, -0.25) is 9.78 Å². The van der Waals surface area contributed by atoms with Crippen molar-refractivity contribution >= 4 is 23.3 Å². The number of thiophene rings is 1. The fraction of sp³-hybridized carbons (Fsp3) is 0.0769. The van der Waals surface area contributed by atoms with Crippen molar-refractivity contribution in [1.29, 1.82) is 0 Å². The second-order valence-electron chi connectivity index (χ2n) is 3.41. The molecule has 0 aliphatic rings. The molecule has 0 saturated heterocycles. The Kier molecular flexibility index (Phi) is 4.05. The van der Waals surface area contributed by atoms with Crippen molar-refractivity contribution in [2.45, 2.75) is 6.54 Å². The number of aromatic nitrogens is 1. The van der Waals surface area contributed by atoms with E-state index in [1.54, 1.807) is 29.8 Å². The Morgan fingerprint density at radius 3 is 2.88 bits per heavy atom. The van der Waals surface area contributed by atoms with Gasteiger partial charge in [-0.2, -0.15) is 0 Å². The zero-order valence-electron chi connectivity index (χ0n) is 9.17. The highest BCUT2D eigenvalue weighted by atomic mass is 32.1. The van der Waals surface area contributed by atoms with Crippen LogP contribution in [0.15, 0.2) is 48.1 Å². The van der Waals surface area contributed by atoms with Crippen LogP contribution in [0.4, 0.5) is 0 Å². The predicted molar refractivity (Wildman–Crippen MR) is 69.4 cm³/mol. The molecule has 86 valence electrons. The molecule has 0 aromatic carbocycles. The minimum atomic E-state index is -0.0878. The summed E-state index contributed by atoms with van der Waals surface area (Å²) in [5, 5.41) is 4.82. The quantitative estimate of drug-likeness (QED) is 0.839. The van der Waals surface area contributed by atoms with Crippen LogP contribution < -0.4 is 5.32 Å². The van der Waals surface area contributed by atoms with Crippen LogP contribution in [0.3, 0.4) is 0 Å². The smallest absolute Gasteiger partial charge is 0.244 e. The Morgan fingerprint density at radius 1 is 1.35 bits per heavy atom. The summed E-state index contributed by atoms with van der Waals surface area (Å²) < 4.78 is 0. The molecule has 0 saturated carbocycles. The molecule has 1 N–H and O–H groups in total. The van der Waals surface area contributed by atoms with Crippen molar-refractivity contribution < 1.29 is 4.79 Å². The normalized spacial score (nSPS) is 10.6. The van der Waals surface area contributed by atoms with Crippen LogP contribution in [-0.2, 0) is 11.3 Å². The first-order chi connectivity index (χ1) is 8.34. The van der Waals surface area contributed by atoms with Gasteiger partial charge in [-0.25, -0.2) is 0 Å². The summed E-state index contributed by atoms with van der Waals surface area (Å²) in [6.45, 7) is 0.581. The average molecular weight is 244 g/mol. The molecule has 0 unspecified atom stereocenters. The third kappa shape index (κ3) is 3.85. The lowest BCUT2D eigenvalue weighted by molar-refractivity contribution is -0.116. The summed E-state index contributed by atoms with van der Waals surface area (Å²) in [4.78, 5) is 16.6. The minimum absolute atomic E-state index is 0.0878. The molecule has 0 atom stereocenters. The van der Waals surface area contributed by atoms with E-state index in [0.717, 1.165) is 10.4 Å². The summed E-state index contributed by atoms with van der Waals surface area (Å²) in [7, 11) is 0. The second kappa shape index (κ2) is 5.96. The molecule has 0 fully saturated rings. The standard InChI is InChI=1S/C13H12N2OS/c16-13(15-10-12-2-1-9-17-12)4-3-11-5-7-14-8-6-11/h1-9H,10H2,(H,15,16). The molecule has 2 aromatic heterocycles. The maximum atomic E-state index is 11.5. The first kappa shape index (κ1) is 11.5. The van der Waals surface area contributed by atoms with E-state index in [4.69, 9.17) is 0 Å². The monoisotopic (exact) mass is 244 g/mol. The van der Waals surface area contributed by atoms with Crippen molar-refractivity contribution in [3.8, 4) is 0 Å². The molecule has 2 rings (SSSR count). The van der Waals surface area contributed by atoms with Gasteiger partial charge in [0.05, 0.1) is 6.54 Å². The highest BCUT2D eigenvalue weighted by Gasteiger charge is 1.96. The molecular weight excluding hydrogens is 232 g/mol. The van der Waals surface area contributed by atoms with Crippen LogP contribution in [0, 0.1) is 0 Å². The second-order valence-corrected chi connectivity index (χ2v) is 4.44. The first-order valence-corrected chi connectivity index (χ1v) is 6.11. The van der Waals surface area contributed by atoms with E-state index in [1.165, 1.54) is 6.08 Å². The van der Waals surface area contributed by atoms with Gasteiger partial charge < -0.3 is 5.32 Å². The molecule has 2 aromatic rings. The third-order valence-corrected chi connectivity index (χ3v) is 3.03. The Hall–Kier alpha value is -1.94. The molecule has 0 aliphatic carbocycles. The SMILES string of the molecule is O=C(C=Cc1ccncc1)NCc1cccs1. The van der Waals surface area contributed by atoms with E-state index in [0.29, 0.717) is 6.54 Å². The van der Waals surface area contributed by atoms with Crippen molar-refractivity contribution in [2.75, 3.05) is 0 Å². The van der Waals surface area contributed by atoms with Gasteiger partial charge in [0.1, 0.15) is 0 Å². The van der Waals surface area contributed by atoms with E-state index in [-0.39, 0.29) is 5.91 Å². The Morgan fingerprint density at radius 2 is 2.18 bits per heavy atom. The molecule has 0 aliphatic heterocycles. The fourth-order valence-corrected chi connectivity index (χ4v) is 1.94. The van der Waals surface area contributed by atoms with E-state index >= 15 is 0 Å². The van der Waals surface area contributed by atoms with Gasteiger partial charge in [-0.05, 0) is 35.2 Å². The van der Waals surface area contributed by atoms with E-state index in [2.05, 4.69) is 10.3 Å². The number of nitrogens with zero attached hydrogens (tertiary/aromatic N) is 1. The molecule has 0 bridgehead atoms. The number of nitrogens with one attached hydrogen (secondary N) is 1. The number of carbonyl (C=O) groups is 1. The van der Waals surface area contributed by atoms with Crippen LogP contribution in [0.5, 0.6) is 0 Å². The lowest BCUT2D eigenvalue weighted by Crippen LogP contribution is -2.19. The highest BCUT2D eigenvalue weighted by molar-refractivity contribution is 7.09. The van der Waals surface area contributed by atoms with Gasteiger partial charge in [0.2, 0.25) is 5.91 Å². The third-order valence-electron chi connectivity index (χ3n) is 2.15. The lowest BCUT2D eigenvalue weighted by atomic mass is 10.2. The Bertz CT molecular complexity index is 491. The van der Waals surface area contributed by atoms with Crippen LogP contribution >= 0.6 is 11.3 Å². The van der Waals surface area contributed by atoms with E-state index < -0.39 is 0 Å². The van der Waals surface area contributed by atoms with E-state index in [1.807, 2.05) is 29.6 Å². The molecular formula is C13H12N2OS. The van der Waals surface area contributed by atoms with E-state index in [9.17, 15) is 4.79 Å². The van der Waals surface area contributed by atoms with Gasteiger partial charge in [-0.1, -0.05) is 6.07 Å². The molecule has 1 amide bonds. The summed E-state index contributed by atoms with van der Waals surface area (Å²) in [5.74, 6) is -0.0878. The van der Waals surface area contributed by atoms with Gasteiger partial charge >= 0.3 is 0 Å². The van der Waals surface area contributed by atoms with Crippen molar-refractivity contribution in [3.63, 3.8) is 0 Å². The maximum absolute atomic E-state index is 11.5. The summed E-state index contributed by atoms with van der Waals surface area (Å²) in [6, 6.07) is 7.67. The number of hydrogen-bond acceptors (Lipinski definition) is 3. The minimum Gasteiger partial charge on any atom is -0.348 e. The van der Waals surface area contributed by atoms with Gasteiger partial charge in [0, 0.05) is 23.3 Å². The fourth-order valence-electron chi connectivity index (χ4n) is 1.29. The molecule has 17 heavy (non-hydrogen) atoms.